The molecule has 158 valence electrons. The van der Waals surface area contributed by atoms with Gasteiger partial charge in [-0.15, -0.1) is 0 Å². The predicted molar refractivity (Wildman–Crippen MR) is 116 cm³/mol. The lowest BCUT2D eigenvalue weighted by molar-refractivity contribution is -0.384. The van der Waals surface area contributed by atoms with Crippen LogP contribution in [0.25, 0.3) is 5.69 Å². The molecule has 1 aliphatic heterocycles. The fraction of sp³-hybridized carbons (Fsp3) is 0.190. The molecule has 0 unspecified atom stereocenters. The van der Waals surface area contributed by atoms with E-state index in [4.69, 9.17) is 4.74 Å². The van der Waals surface area contributed by atoms with Crippen molar-refractivity contribution in [3.63, 3.8) is 0 Å². The summed E-state index contributed by atoms with van der Waals surface area (Å²) in [7, 11) is 0. The summed E-state index contributed by atoms with van der Waals surface area (Å²) in [4.78, 5) is 26.7. The number of nitro benzene ring substituents is 1. The minimum atomic E-state index is -0.439. The van der Waals surface area contributed by atoms with Crippen LogP contribution in [0.4, 0.5) is 11.4 Å². The minimum Gasteiger partial charge on any atom is -0.448 e. The number of nitro groups is 1. The SMILES string of the molecule is O=S=C(CCc1nccn1-c1ccccc1[N+](=O)[O-])Oc1ccc2c(c1)CCC(=O)N2. The van der Waals surface area contributed by atoms with Crippen molar-refractivity contribution in [1.82, 2.24) is 9.55 Å². The van der Waals surface area contributed by atoms with Gasteiger partial charge in [0.25, 0.3) is 5.69 Å². The second-order valence-electron chi connectivity index (χ2n) is 6.88. The van der Waals surface area contributed by atoms with Crippen LogP contribution in [0.2, 0.25) is 0 Å². The Bertz CT molecular complexity index is 1220. The van der Waals surface area contributed by atoms with E-state index in [2.05, 4.69) is 10.3 Å². The van der Waals surface area contributed by atoms with Crippen molar-refractivity contribution >= 4 is 33.6 Å². The summed E-state index contributed by atoms with van der Waals surface area (Å²) in [6.45, 7) is 0. The van der Waals surface area contributed by atoms with Gasteiger partial charge in [-0.25, -0.2) is 9.19 Å². The van der Waals surface area contributed by atoms with Gasteiger partial charge >= 0.3 is 0 Å². The average Bonchev–Trinajstić information content (AvgIpc) is 3.25. The van der Waals surface area contributed by atoms with E-state index in [0.29, 0.717) is 42.9 Å². The van der Waals surface area contributed by atoms with Crippen LogP contribution in [0.3, 0.4) is 0 Å². The molecule has 1 amide bonds. The van der Waals surface area contributed by atoms with Crippen molar-refractivity contribution in [2.75, 3.05) is 5.32 Å². The molecule has 0 fully saturated rings. The predicted octanol–water partition coefficient (Wildman–Crippen LogP) is 3.02. The summed E-state index contributed by atoms with van der Waals surface area (Å²) >= 11 is 0.264. The fourth-order valence-corrected chi connectivity index (χ4v) is 3.75. The summed E-state index contributed by atoms with van der Waals surface area (Å²) in [5.74, 6) is 1.09. The Morgan fingerprint density at radius 1 is 1.26 bits per heavy atom. The number of para-hydroxylation sites is 2. The lowest BCUT2D eigenvalue weighted by Gasteiger charge is -2.17. The smallest absolute Gasteiger partial charge is 0.293 e. The van der Waals surface area contributed by atoms with E-state index in [9.17, 15) is 19.1 Å². The number of rotatable bonds is 6. The maximum Gasteiger partial charge on any atom is 0.293 e. The van der Waals surface area contributed by atoms with Crippen molar-refractivity contribution in [2.24, 2.45) is 0 Å². The largest absolute Gasteiger partial charge is 0.448 e. The standard InChI is InChI=1S/C21H18N4O5S/c26-20-9-5-14-13-15(6-7-16(14)23-20)30-21(31-29)10-8-19-22-11-12-24(19)17-3-1-2-4-18(17)25(27)28/h1-4,6-7,11-13H,5,8-10H2,(H,23,26). The van der Waals surface area contributed by atoms with Gasteiger partial charge in [0.1, 0.15) is 28.5 Å². The number of carbonyl (C=O) groups is 1. The number of benzene rings is 2. The van der Waals surface area contributed by atoms with Crippen molar-refractivity contribution < 1.29 is 18.7 Å². The molecule has 1 aromatic heterocycles. The Morgan fingerprint density at radius 2 is 2.10 bits per heavy atom. The third-order valence-corrected chi connectivity index (χ3v) is 5.38. The van der Waals surface area contributed by atoms with E-state index >= 15 is 0 Å². The molecule has 9 nitrogen and oxygen atoms in total. The molecule has 0 saturated heterocycles. The second kappa shape index (κ2) is 8.92. The Labute approximate surface area is 180 Å². The van der Waals surface area contributed by atoms with Crippen LogP contribution < -0.4 is 10.1 Å². The van der Waals surface area contributed by atoms with Gasteiger partial charge in [0.05, 0.1) is 4.92 Å². The molecule has 0 aliphatic carbocycles. The number of hydrogen-bond acceptors (Lipinski definition) is 6. The number of aryl methyl sites for hydroxylation is 2. The summed E-state index contributed by atoms with van der Waals surface area (Å²) < 4.78 is 19.0. The highest BCUT2D eigenvalue weighted by molar-refractivity contribution is 7.66. The summed E-state index contributed by atoms with van der Waals surface area (Å²) in [5.41, 5.74) is 2.10. The molecule has 0 radical (unpaired) electrons. The van der Waals surface area contributed by atoms with Crippen molar-refractivity contribution in [3.8, 4) is 11.4 Å². The lowest BCUT2D eigenvalue weighted by atomic mass is 10.0. The normalized spacial score (nSPS) is 12.6. The first-order valence-electron chi connectivity index (χ1n) is 9.57. The number of fused-ring (bicyclic) bond motifs is 1. The first kappa shape index (κ1) is 20.5. The van der Waals surface area contributed by atoms with Crippen molar-refractivity contribution in [2.45, 2.75) is 25.7 Å². The number of anilines is 1. The molecular weight excluding hydrogens is 420 g/mol. The van der Waals surface area contributed by atoms with Crippen LogP contribution in [0.5, 0.6) is 5.75 Å². The molecule has 10 heteroatoms. The van der Waals surface area contributed by atoms with Crippen LogP contribution >= 0.6 is 0 Å². The topological polar surface area (TPSA) is 116 Å². The highest BCUT2D eigenvalue weighted by atomic mass is 32.1. The summed E-state index contributed by atoms with van der Waals surface area (Å²) in [6.07, 6.45) is 4.91. The van der Waals surface area contributed by atoms with E-state index < -0.39 is 4.92 Å². The maximum absolute atomic E-state index is 11.6. The molecule has 1 N–H and O–H groups in total. The molecule has 0 bridgehead atoms. The molecule has 4 rings (SSSR count). The molecule has 0 spiro atoms. The molecule has 3 aromatic rings. The highest BCUT2D eigenvalue weighted by Crippen LogP contribution is 2.27. The van der Waals surface area contributed by atoms with Crippen LogP contribution in [0, 0.1) is 10.1 Å². The number of aromatic nitrogens is 2. The first-order chi connectivity index (χ1) is 15.0. The van der Waals surface area contributed by atoms with Crippen LogP contribution in [0.1, 0.15) is 24.2 Å². The number of nitrogens with zero attached hydrogens (tertiary/aromatic N) is 3. The van der Waals surface area contributed by atoms with Crippen molar-refractivity contribution in [3.05, 3.63) is 76.4 Å². The molecule has 2 heterocycles. The highest BCUT2D eigenvalue weighted by Gasteiger charge is 2.18. The van der Waals surface area contributed by atoms with Gasteiger partial charge in [-0.2, -0.15) is 0 Å². The number of imidazole rings is 1. The monoisotopic (exact) mass is 438 g/mol. The quantitative estimate of drug-likeness (QED) is 0.359. The summed E-state index contributed by atoms with van der Waals surface area (Å²) in [6, 6.07) is 11.7. The van der Waals surface area contributed by atoms with E-state index in [1.165, 1.54) is 6.07 Å². The van der Waals surface area contributed by atoms with Crippen LogP contribution in [-0.4, -0.2) is 29.6 Å². The van der Waals surface area contributed by atoms with E-state index in [1.54, 1.807) is 47.3 Å². The van der Waals surface area contributed by atoms with Crippen LogP contribution in [0.15, 0.2) is 54.9 Å². The number of nitrogens with one attached hydrogen (secondary N) is 1. The molecule has 1 aliphatic rings. The molecule has 0 atom stereocenters. The van der Waals surface area contributed by atoms with Gasteiger partial charge in [0.2, 0.25) is 5.91 Å². The third kappa shape index (κ3) is 4.53. The number of amides is 1. The van der Waals surface area contributed by atoms with E-state index in [0.717, 1.165) is 11.3 Å². The van der Waals surface area contributed by atoms with Gasteiger partial charge in [0.15, 0.2) is 5.05 Å². The van der Waals surface area contributed by atoms with Gasteiger partial charge in [0, 0.05) is 43.4 Å². The fourth-order valence-electron chi connectivity index (χ4n) is 3.44. The minimum absolute atomic E-state index is 0.0160. The Morgan fingerprint density at radius 3 is 2.90 bits per heavy atom. The molecule has 0 saturated carbocycles. The zero-order valence-corrected chi connectivity index (χ0v) is 17.1. The Hall–Kier alpha value is -3.79. The zero-order chi connectivity index (χ0) is 21.8. The third-order valence-electron chi connectivity index (χ3n) is 4.90. The van der Waals surface area contributed by atoms with E-state index in [-0.39, 0.29) is 27.9 Å². The lowest BCUT2D eigenvalue weighted by Crippen LogP contribution is -2.19. The number of carbonyl (C=O) groups excluding carboxylic acids is 1. The van der Waals surface area contributed by atoms with Gasteiger partial charge in [-0.05, 0) is 36.2 Å². The molecular formula is C21H18N4O5S. The maximum atomic E-state index is 11.6. The zero-order valence-electron chi connectivity index (χ0n) is 16.3. The van der Waals surface area contributed by atoms with Crippen molar-refractivity contribution in [1.29, 1.82) is 0 Å². The first-order valence-corrected chi connectivity index (χ1v) is 10.3. The van der Waals surface area contributed by atoms with Gasteiger partial charge < -0.3 is 10.1 Å². The van der Waals surface area contributed by atoms with Gasteiger partial charge in [-0.1, -0.05) is 12.1 Å². The van der Waals surface area contributed by atoms with E-state index in [1.807, 2.05) is 6.07 Å². The van der Waals surface area contributed by atoms with Gasteiger partial charge in [-0.3, -0.25) is 19.5 Å². The summed E-state index contributed by atoms with van der Waals surface area (Å²) in [5, 5.41) is 14.4. The molecule has 31 heavy (non-hydrogen) atoms. The average molecular weight is 438 g/mol. The number of hydrogen-bond donors (Lipinski definition) is 1. The Balaban J connectivity index is 1.48. The van der Waals surface area contributed by atoms with Crippen LogP contribution in [-0.2, 0) is 28.9 Å². The Kier molecular flexibility index (Phi) is 5.89. The molecule has 2 aromatic carbocycles. The number of ether oxygens (including phenoxy) is 1. The second-order valence-corrected chi connectivity index (χ2v) is 7.51.